The smallest absolute Gasteiger partial charge is 0.334 e. The van der Waals surface area contributed by atoms with Crippen molar-refractivity contribution in [1.82, 2.24) is 0 Å². The van der Waals surface area contributed by atoms with Gasteiger partial charge < -0.3 is 13.8 Å². The molecule has 0 aliphatic heterocycles. The third-order valence-corrected chi connectivity index (χ3v) is 3.99. The Kier molecular flexibility index (Phi) is 8.63. The highest BCUT2D eigenvalue weighted by molar-refractivity contribution is 7.54. The standard InChI is InChI=1S/C12H21O5P/c1-5-8-15-12(13)9-11(4)10-18(14,16-6-2)17-7-3/h5,9H,1,6-8,10H2,2-4H3/b11-9+. The van der Waals surface area contributed by atoms with Crippen molar-refractivity contribution < 1.29 is 23.1 Å². The van der Waals surface area contributed by atoms with Crippen LogP contribution >= 0.6 is 7.60 Å². The van der Waals surface area contributed by atoms with Crippen LogP contribution in [0.1, 0.15) is 20.8 Å². The average Bonchev–Trinajstić information content (AvgIpc) is 2.26. The van der Waals surface area contributed by atoms with Crippen molar-refractivity contribution in [2.24, 2.45) is 0 Å². The fourth-order valence-electron chi connectivity index (χ4n) is 1.26. The van der Waals surface area contributed by atoms with Crippen LogP contribution in [0.5, 0.6) is 0 Å². The Labute approximate surface area is 108 Å². The van der Waals surface area contributed by atoms with Gasteiger partial charge in [0.05, 0.1) is 19.4 Å². The van der Waals surface area contributed by atoms with E-state index < -0.39 is 13.6 Å². The molecule has 0 heterocycles. The number of rotatable bonds is 9. The maximum Gasteiger partial charge on any atom is 0.334 e. The van der Waals surface area contributed by atoms with E-state index in [1.54, 1.807) is 20.8 Å². The van der Waals surface area contributed by atoms with Gasteiger partial charge in [-0.15, -0.1) is 0 Å². The van der Waals surface area contributed by atoms with Crippen LogP contribution in [0, 0.1) is 0 Å². The lowest BCUT2D eigenvalue weighted by molar-refractivity contribution is -0.136. The Morgan fingerprint density at radius 3 is 2.28 bits per heavy atom. The number of allylic oxidation sites excluding steroid dienone is 1. The zero-order valence-electron chi connectivity index (χ0n) is 11.2. The van der Waals surface area contributed by atoms with Crippen molar-refractivity contribution in [3.63, 3.8) is 0 Å². The summed E-state index contributed by atoms with van der Waals surface area (Å²) < 4.78 is 27.2. The van der Waals surface area contributed by atoms with E-state index in [1.165, 1.54) is 12.2 Å². The Bertz CT molecular complexity index is 338. The molecule has 0 aromatic rings. The van der Waals surface area contributed by atoms with Gasteiger partial charge in [0.15, 0.2) is 0 Å². The van der Waals surface area contributed by atoms with Gasteiger partial charge in [0.2, 0.25) is 0 Å². The number of esters is 1. The quantitative estimate of drug-likeness (QED) is 0.280. The Hall–Kier alpha value is -0.900. The normalized spacial score (nSPS) is 12.3. The highest BCUT2D eigenvalue weighted by Crippen LogP contribution is 2.49. The topological polar surface area (TPSA) is 61.8 Å². The van der Waals surface area contributed by atoms with E-state index in [1.807, 2.05) is 0 Å². The van der Waals surface area contributed by atoms with Crippen LogP contribution in [0.15, 0.2) is 24.3 Å². The van der Waals surface area contributed by atoms with E-state index in [2.05, 4.69) is 6.58 Å². The van der Waals surface area contributed by atoms with Gasteiger partial charge in [0, 0.05) is 6.08 Å². The molecular formula is C12H21O5P. The van der Waals surface area contributed by atoms with Crippen molar-refractivity contribution in [1.29, 1.82) is 0 Å². The van der Waals surface area contributed by atoms with E-state index in [-0.39, 0.29) is 12.8 Å². The molecule has 0 aromatic heterocycles. The fraction of sp³-hybridized carbons (Fsp3) is 0.583. The van der Waals surface area contributed by atoms with Crippen LogP contribution in [0.4, 0.5) is 0 Å². The van der Waals surface area contributed by atoms with Crippen LogP contribution in [-0.4, -0.2) is 32.0 Å². The summed E-state index contributed by atoms with van der Waals surface area (Å²) in [6.07, 6.45) is 2.85. The summed E-state index contributed by atoms with van der Waals surface area (Å²) in [5.74, 6) is -0.494. The first kappa shape index (κ1) is 17.1. The van der Waals surface area contributed by atoms with Crippen molar-refractivity contribution in [3.05, 3.63) is 24.3 Å². The van der Waals surface area contributed by atoms with Crippen LogP contribution in [0.2, 0.25) is 0 Å². The largest absolute Gasteiger partial charge is 0.458 e. The molecule has 0 fully saturated rings. The lowest BCUT2D eigenvalue weighted by Crippen LogP contribution is -2.05. The molecule has 0 aromatic carbocycles. The van der Waals surface area contributed by atoms with E-state index >= 15 is 0 Å². The minimum Gasteiger partial charge on any atom is -0.458 e. The molecular weight excluding hydrogens is 255 g/mol. The monoisotopic (exact) mass is 276 g/mol. The second-order valence-electron chi connectivity index (χ2n) is 3.51. The first-order valence-electron chi connectivity index (χ1n) is 5.80. The molecule has 0 amide bonds. The zero-order chi connectivity index (χ0) is 14.0. The zero-order valence-corrected chi connectivity index (χ0v) is 12.1. The highest BCUT2D eigenvalue weighted by Gasteiger charge is 2.24. The van der Waals surface area contributed by atoms with Crippen molar-refractivity contribution in [3.8, 4) is 0 Å². The fourth-order valence-corrected chi connectivity index (χ4v) is 3.00. The third-order valence-electron chi connectivity index (χ3n) is 1.80. The summed E-state index contributed by atoms with van der Waals surface area (Å²) in [6.45, 7) is 9.34. The molecule has 0 bridgehead atoms. The number of carbonyl (C=O) groups is 1. The molecule has 0 saturated carbocycles. The van der Waals surface area contributed by atoms with Crippen molar-refractivity contribution >= 4 is 13.6 Å². The molecule has 5 nitrogen and oxygen atoms in total. The predicted molar refractivity (Wildman–Crippen MR) is 70.6 cm³/mol. The SMILES string of the molecule is C=CCOC(=O)/C=C(\C)CP(=O)(OCC)OCC. The minimum atomic E-state index is -3.15. The van der Waals surface area contributed by atoms with Crippen molar-refractivity contribution in [2.75, 3.05) is 26.0 Å². The van der Waals surface area contributed by atoms with Crippen LogP contribution in [0.3, 0.4) is 0 Å². The van der Waals surface area contributed by atoms with Crippen LogP contribution in [0.25, 0.3) is 0 Å². The summed E-state index contributed by atoms with van der Waals surface area (Å²) in [4.78, 5) is 11.3. The number of carbonyl (C=O) groups excluding carboxylic acids is 1. The molecule has 0 radical (unpaired) electrons. The van der Waals surface area contributed by atoms with Gasteiger partial charge in [-0.25, -0.2) is 4.79 Å². The molecule has 0 aliphatic carbocycles. The van der Waals surface area contributed by atoms with Gasteiger partial charge in [0.1, 0.15) is 6.61 Å². The lowest BCUT2D eigenvalue weighted by atomic mass is 10.3. The highest BCUT2D eigenvalue weighted by atomic mass is 31.2. The van der Waals surface area contributed by atoms with E-state index in [9.17, 15) is 9.36 Å². The first-order valence-corrected chi connectivity index (χ1v) is 7.53. The first-order chi connectivity index (χ1) is 8.47. The lowest BCUT2D eigenvalue weighted by Gasteiger charge is -2.16. The predicted octanol–water partition coefficient (Wildman–Crippen LogP) is 2.93. The molecule has 0 unspecified atom stereocenters. The Morgan fingerprint density at radius 2 is 1.83 bits per heavy atom. The van der Waals surface area contributed by atoms with E-state index in [0.29, 0.717) is 18.8 Å². The Morgan fingerprint density at radius 1 is 1.28 bits per heavy atom. The summed E-state index contributed by atoms with van der Waals surface area (Å²) >= 11 is 0. The molecule has 0 rings (SSSR count). The van der Waals surface area contributed by atoms with E-state index in [0.717, 1.165) is 0 Å². The molecule has 104 valence electrons. The van der Waals surface area contributed by atoms with Crippen LogP contribution in [-0.2, 0) is 23.1 Å². The molecule has 6 heteroatoms. The summed E-state index contributed by atoms with van der Waals surface area (Å²) in [5, 5.41) is 0. The molecule has 0 N–H and O–H groups in total. The second kappa shape index (κ2) is 9.09. The molecule has 18 heavy (non-hydrogen) atoms. The molecule has 0 saturated heterocycles. The number of ether oxygens (including phenoxy) is 1. The minimum absolute atomic E-state index is 0.0812. The van der Waals surface area contributed by atoms with E-state index in [4.69, 9.17) is 13.8 Å². The summed E-state index contributed by atoms with van der Waals surface area (Å²) in [7, 11) is -3.15. The summed E-state index contributed by atoms with van der Waals surface area (Å²) in [5.41, 5.74) is 0.592. The van der Waals surface area contributed by atoms with Gasteiger partial charge in [-0.2, -0.15) is 0 Å². The Balaban J connectivity index is 4.53. The van der Waals surface area contributed by atoms with Crippen LogP contribution < -0.4 is 0 Å². The molecule has 0 atom stereocenters. The van der Waals surface area contributed by atoms with Crippen molar-refractivity contribution in [2.45, 2.75) is 20.8 Å². The number of hydrogen-bond donors (Lipinski definition) is 0. The van der Waals surface area contributed by atoms with Gasteiger partial charge >= 0.3 is 13.6 Å². The number of hydrogen-bond acceptors (Lipinski definition) is 5. The molecule has 0 aliphatic rings. The second-order valence-corrected chi connectivity index (χ2v) is 5.57. The average molecular weight is 276 g/mol. The van der Waals surface area contributed by atoms with Gasteiger partial charge in [-0.05, 0) is 20.8 Å². The van der Waals surface area contributed by atoms with Gasteiger partial charge in [-0.3, -0.25) is 4.57 Å². The molecule has 0 spiro atoms. The van der Waals surface area contributed by atoms with Gasteiger partial charge in [-0.1, -0.05) is 18.2 Å². The third kappa shape index (κ3) is 7.43. The maximum absolute atomic E-state index is 12.2. The maximum atomic E-state index is 12.2. The summed E-state index contributed by atoms with van der Waals surface area (Å²) in [6, 6.07) is 0. The van der Waals surface area contributed by atoms with Gasteiger partial charge in [0.25, 0.3) is 0 Å².